The summed E-state index contributed by atoms with van der Waals surface area (Å²) in [6.07, 6.45) is 0.797. The quantitative estimate of drug-likeness (QED) is 0.158. The minimum atomic E-state index is -4.06. The van der Waals surface area contributed by atoms with Gasteiger partial charge in [-0.3, -0.25) is 13.8 Å². The van der Waals surface area contributed by atoms with E-state index in [0.29, 0.717) is 5.75 Å². The lowest BCUT2D eigenvalue weighted by atomic mass is 10.4. The lowest BCUT2D eigenvalue weighted by Crippen LogP contribution is -2.29. The second-order valence-corrected chi connectivity index (χ2v) is 7.17. The van der Waals surface area contributed by atoms with Crippen LogP contribution in [0.1, 0.15) is 0 Å². The van der Waals surface area contributed by atoms with Crippen LogP contribution in [0.25, 0.3) is 0 Å². The molecule has 0 aromatic rings. The first-order valence-electron chi connectivity index (χ1n) is 5.12. The first-order valence-corrected chi connectivity index (χ1v) is 9.10. The molecule has 0 aromatic heterocycles. The van der Waals surface area contributed by atoms with Crippen molar-refractivity contribution >= 4 is 41.6 Å². The Morgan fingerprint density at radius 3 is 2.74 bits per heavy atom. The van der Waals surface area contributed by atoms with Gasteiger partial charge in [0.2, 0.25) is 5.91 Å². The van der Waals surface area contributed by atoms with Crippen molar-refractivity contribution in [1.82, 2.24) is 10.6 Å². The summed E-state index contributed by atoms with van der Waals surface area (Å²) in [4.78, 5) is 30.6. The SMILES string of the molecule is CNC(C=O)CSSCC(=O)NCOP(=O)(O)OC. The Morgan fingerprint density at radius 1 is 1.53 bits per heavy atom. The van der Waals surface area contributed by atoms with Crippen LogP contribution in [0.5, 0.6) is 0 Å². The second kappa shape index (κ2) is 10.7. The molecule has 0 aliphatic heterocycles. The number of nitrogens with one attached hydrogen (secondary N) is 2. The van der Waals surface area contributed by atoms with Gasteiger partial charge in [0, 0.05) is 12.9 Å². The van der Waals surface area contributed by atoms with Gasteiger partial charge in [0.1, 0.15) is 13.0 Å². The fourth-order valence-electron chi connectivity index (χ4n) is 0.705. The molecule has 0 fully saturated rings. The van der Waals surface area contributed by atoms with Crippen LogP contribution in [0.4, 0.5) is 0 Å². The highest BCUT2D eigenvalue weighted by Crippen LogP contribution is 2.41. The minimum Gasteiger partial charge on any atom is -0.332 e. The van der Waals surface area contributed by atoms with Crippen LogP contribution < -0.4 is 10.6 Å². The number of likely N-dealkylation sites (N-methyl/N-ethyl adjacent to an activating group) is 1. The van der Waals surface area contributed by atoms with E-state index >= 15 is 0 Å². The van der Waals surface area contributed by atoms with Crippen molar-refractivity contribution in [3.8, 4) is 0 Å². The number of phosphoric ester groups is 1. The Labute approximate surface area is 119 Å². The third-order valence-corrected chi connectivity index (χ3v) is 5.00. The van der Waals surface area contributed by atoms with Crippen LogP contribution in [-0.2, 0) is 23.2 Å². The summed E-state index contributed by atoms with van der Waals surface area (Å²) in [5.41, 5.74) is 0. The molecule has 1 amide bonds. The highest BCUT2D eigenvalue weighted by molar-refractivity contribution is 8.76. The predicted octanol–water partition coefficient (Wildman–Crippen LogP) is -0.00820. The third-order valence-electron chi connectivity index (χ3n) is 1.78. The number of rotatable bonds is 11. The van der Waals surface area contributed by atoms with Gasteiger partial charge in [-0.05, 0) is 7.05 Å². The maximum absolute atomic E-state index is 11.3. The molecule has 0 bridgehead atoms. The van der Waals surface area contributed by atoms with Crippen LogP contribution in [0.15, 0.2) is 0 Å². The summed E-state index contributed by atoms with van der Waals surface area (Å²) in [7, 11) is 1.30. The highest BCUT2D eigenvalue weighted by Gasteiger charge is 2.18. The van der Waals surface area contributed by atoms with Crippen molar-refractivity contribution in [3.63, 3.8) is 0 Å². The smallest absolute Gasteiger partial charge is 0.332 e. The van der Waals surface area contributed by atoms with Gasteiger partial charge in [0.25, 0.3) is 0 Å². The van der Waals surface area contributed by atoms with Gasteiger partial charge < -0.3 is 20.3 Å². The Hall–Kier alpha value is -0.0900. The Kier molecular flexibility index (Phi) is 10.6. The van der Waals surface area contributed by atoms with Gasteiger partial charge in [0.05, 0.1) is 11.8 Å². The Morgan fingerprint density at radius 2 is 2.21 bits per heavy atom. The first kappa shape index (κ1) is 18.9. The van der Waals surface area contributed by atoms with Crippen LogP contribution in [0.3, 0.4) is 0 Å². The fourth-order valence-corrected chi connectivity index (χ4v) is 3.12. The van der Waals surface area contributed by atoms with Crippen LogP contribution >= 0.6 is 29.4 Å². The number of phosphoric acid groups is 1. The van der Waals surface area contributed by atoms with E-state index in [9.17, 15) is 14.2 Å². The van der Waals surface area contributed by atoms with E-state index < -0.39 is 14.6 Å². The van der Waals surface area contributed by atoms with Crippen molar-refractivity contribution in [1.29, 1.82) is 0 Å². The molecule has 0 aliphatic carbocycles. The zero-order valence-electron chi connectivity index (χ0n) is 10.5. The van der Waals surface area contributed by atoms with E-state index in [0.717, 1.165) is 13.4 Å². The minimum absolute atomic E-state index is 0.145. The molecule has 0 spiro atoms. The zero-order chi connectivity index (χ0) is 14.7. The average molecular weight is 332 g/mol. The fraction of sp³-hybridized carbons (Fsp3) is 0.750. The number of aldehydes is 1. The van der Waals surface area contributed by atoms with E-state index in [1.807, 2.05) is 0 Å². The number of amides is 1. The topological polar surface area (TPSA) is 114 Å². The summed E-state index contributed by atoms with van der Waals surface area (Å²) in [6.45, 7) is -0.404. The van der Waals surface area contributed by atoms with E-state index in [4.69, 9.17) is 4.89 Å². The van der Waals surface area contributed by atoms with Gasteiger partial charge in [-0.1, -0.05) is 21.6 Å². The average Bonchev–Trinajstić information content (AvgIpc) is 2.39. The van der Waals surface area contributed by atoms with Crippen molar-refractivity contribution in [2.24, 2.45) is 0 Å². The number of hydrogen-bond donors (Lipinski definition) is 3. The van der Waals surface area contributed by atoms with Gasteiger partial charge in [-0.2, -0.15) is 0 Å². The second-order valence-electron chi connectivity index (χ2n) is 3.10. The van der Waals surface area contributed by atoms with Crippen molar-refractivity contribution < 1.29 is 28.1 Å². The molecule has 0 aliphatic rings. The standard InChI is InChI=1S/C8H17N2O6PS2/c1-9-7(3-11)4-18-19-5-8(12)10-6-16-17(13,14)15-2/h3,7,9H,4-6H2,1-2H3,(H,10,12)(H,13,14). The summed E-state index contributed by atoms with van der Waals surface area (Å²) in [5, 5.41) is 5.10. The summed E-state index contributed by atoms with van der Waals surface area (Å²) < 4.78 is 19.4. The van der Waals surface area contributed by atoms with Crippen LogP contribution in [0.2, 0.25) is 0 Å². The van der Waals surface area contributed by atoms with Gasteiger partial charge in [-0.25, -0.2) is 4.57 Å². The largest absolute Gasteiger partial charge is 0.473 e. The van der Waals surface area contributed by atoms with Crippen molar-refractivity contribution in [2.45, 2.75) is 6.04 Å². The lowest BCUT2D eigenvalue weighted by Gasteiger charge is -2.10. The van der Waals surface area contributed by atoms with E-state index in [2.05, 4.69) is 19.7 Å². The molecule has 0 saturated carbocycles. The zero-order valence-corrected chi connectivity index (χ0v) is 13.1. The third kappa shape index (κ3) is 10.4. The normalized spacial score (nSPS) is 15.5. The number of carbonyl (C=O) groups is 2. The van der Waals surface area contributed by atoms with Crippen LogP contribution in [0, 0.1) is 0 Å². The Bertz CT molecular complexity index is 332. The molecule has 8 nitrogen and oxygen atoms in total. The van der Waals surface area contributed by atoms with E-state index in [1.165, 1.54) is 21.6 Å². The molecular weight excluding hydrogens is 315 g/mol. The molecule has 0 saturated heterocycles. The lowest BCUT2D eigenvalue weighted by molar-refractivity contribution is -0.119. The molecule has 2 unspecified atom stereocenters. The van der Waals surface area contributed by atoms with Gasteiger partial charge in [-0.15, -0.1) is 0 Å². The maximum Gasteiger partial charge on any atom is 0.473 e. The first-order chi connectivity index (χ1) is 8.95. The molecule has 11 heteroatoms. The maximum atomic E-state index is 11.3. The molecule has 19 heavy (non-hydrogen) atoms. The molecule has 2 atom stereocenters. The molecule has 112 valence electrons. The summed E-state index contributed by atoms with van der Waals surface area (Å²) in [5.74, 6) is 0.344. The van der Waals surface area contributed by atoms with Crippen LogP contribution in [-0.4, -0.2) is 55.5 Å². The molecule has 3 N–H and O–H groups in total. The monoisotopic (exact) mass is 332 g/mol. The van der Waals surface area contributed by atoms with Crippen molar-refractivity contribution in [2.75, 3.05) is 32.4 Å². The van der Waals surface area contributed by atoms with Gasteiger partial charge in [0.15, 0.2) is 0 Å². The molecule has 0 rings (SSSR count). The predicted molar refractivity (Wildman–Crippen MR) is 74.8 cm³/mol. The van der Waals surface area contributed by atoms with E-state index in [-0.39, 0.29) is 17.7 Å². The van der Waals surface area contributed by atoms with Gasteiger partial charge >= 0.3 is 7.82 Å². The van der Waals surface area contributed by atoms with Crippen molar-refractivity contribution in [3.05, 3.63) is 0 Å². The number of hydrogen-bond acceptors (Lipinski definition) is 8. The van der Waals surface area contributed by atoms with E-state index in [1.54, 1.807) is 7.05 Å². The number of carbonyl (C=O) groups excluding carboxylic acids is 2. The molecule has 0 aromatic carbocycles. The molecule has 0 radical (unpaired) electrons. The molecular formula is C8H17N2O6PS2. The summed E-state index contributed by atoms with van der Waals surface area (Å²) in [6, 6.07) is -0.245. The highest BCUT2D eigenvalue weighted by atomic mass is 33.1. The summed E-state index contributed by atoms with van der Waals surface area (Å²) >= 11 is 0. The molecule has 0 heterocycles. The Balaban J connectivity index is 3.60.